The molecule has 0 saturated heterocycles. The Labute approximate surface area is 272 Å². The molecule has 0 saturated carbocycles. The highest BCUT2D eigenvalue weighted by molar-refractivity contribution is 7.26. The average molecular weight is 604 g/mol. The average Bonchev–Trinajstić information content (AvgIpc) is 3.49. The van der Waals surface area contributed by atoms with Crippen molar-refractivity contribution in [1.29, 1.82) is 0 Å². The molecule has 8 aromatic carbocycles. The highest BCUT2D eigenvalue weighted by Crippen LogP contribution is 2.48. The number of nitrogens with zero attached hydrogens (tertiary/aromatic N) is 1. The maximum atomic E-state index is 2.45. The predicted molar refractivity (Wildman–Crippen MR) is 200 cm³/mol. The van der Waals surface area contributed by atoms with Crippen molar-refractivity contribution >= 4 is 70.1 Å². The Morgan fingerprint density at radius 1 is 0.370 bits per heavy atom. The third-order valence-electron chi connectivity index (χ3n) is 9.04. The van der Waals surface area contributed by atoms with E-state index in [1.54, 1.807) is 0 Å². The molecule has 0 bridgehead atoms. The topological polar surface area (TPSA) is 3.24 Å². The minimum atomic E-state index is 1.13. The lowest BCUT2D eigenvalue weighted by molar-refractivity contribution is 1.30. The Hall–Kier alpha value is -5.70. The second-order valence-corrected chi connectivity index (χ2v) is 12.8. The van der Waals surface area contributed by atoms with Crippen molar-refractivity contribution in [2.24, 2.45) is 0 Å². The van der Waals surface area contributed by atoms with Crippen molar-refractivity contribution in [3.63, 3.8) is 0 Å². The largest absolute Gasteiger partial charge is 0.308 e. The van der Waals surface area contributed by atoms with Crippen LogP contribution in [0, 0.1) is 0 Å². The molecule has 0 radical (unpaired) electrons. The fraction of sp³-hybridized carbons (Fsp3) is 0. The highest BCUT2D eigenvalue weighted by Gasteiger charge is 2.21. The third-order valence-corrected chi connectivity index (χ3v) is 10.2. The molecular weight excluding hydrogens is 575 g/mol. The van der Waals surface area contributed by atoms with Gasteiger partial charge in [0.25, 0.3) is 0 Å². The van der Waals surface area contributed by atoms with Gasteiger partial charge in [-0.1, -0.05) is 140 Å². The van der Waals surface area contributed by atoms with Crippen LogP contribution in [0.25, 0.3) is 64.0 Å². The van der Waals surface area contributed by atoms with Crippen molar-refractivity contribution < 1.29 is 0 Å². The van der Waals surface area contributed by atoms with Crippen LogP contribution in [-0.2, 0) is 0 Å². The normalized spacial score (nSPS) is 11.5. The van der Waals surface area contributed by atoms with E-state index in [2.05, 4.69) is 181 Å². The van der Waals surface area contributed by atoms with Crippen LogP contribution in [0.15, 0.2) is 176 Å². The van der Waals surface area contributed by atoms with Gasteiger partial charge in [-0.2, -0.15) is 0 Å². The van der Waals surface area contributed by atoms with Crippen LogP contribution in [0.2, 0.25) is 0 Å². The summed E-state index contributed by atoms with van der Waals surface area (Å²) in [5, 5.41) is 7.67. The molecule has 0 atom stereocenters. The monoisotopic (exact) mass is 603 g/mol. The number of rotatable bonds is 5. The molecule has 1 aromatic heterocycles. The molecule has 216 valence electrons. The first-order valence-electron chi connectivity index (χ1n) is 15.7. The lowest BCUT2D eigenvalue weighted by atomic mass is 9.97. The van der Waals surface area contributed by atoms with E-state index < -0.39 is 0 Å². The van der Waals surface area contributed by atoms with Crippen LogP contribution in [0.1, 0.15) is 0 Å². The molecule has 0 spiro atoms. The highest BCUT2D eigenvalue weighted by atomic mass is 32.1. The first-order chi connectivity index (χ1) is 22.8. The van der Waals surface area contributed by atoms with Gasteiger partial charge in [-0.3, -0.25) is 0 Å². The maximum Gasteiger partial charge on any atom is 0.0640 e. The summed E-state index contributed by atoms with van der Waals surface area (Å²) < 4.78 is 2.59. The Bertz CT molecular complexity index is 2520. The van der Waals surface area contributed by atoms with Gasteiger partial charge >= 0.3 is 0 Å². The molecule has 0 aliphatic rings. The molecular formula is C44H29NS. The van der Waals surface area contributed by atoms with Crippen LogP contribution < -0.4 is 4.90 Å². The summed E-state index contributed by atoms with van der Waals surface area (Å²) in [6.45, 7) is 0. The molecule has 2 heteroatoms. The maximum absolute atomic E-state index is 2.45. The Morgan fingerprint density at radius 2 is 0.957 bits per heavy atom. The summed E-state index contributed by atoms with van der Waals surface area (Å²) in [5.41, 5.74) is 8.33. The second-order valence-electron chi connectivity index (χ2n) is 11.7. The molecule has 0 unspecified atom stereocenters. The number of anilines is 3. The van der Waals surface area contributed by atoms with E-state index in [0.717, 1.165) is 11.4 Å². The van der Waals surface area contributed by atoms with Crippen LogP contribution in [0.3, 0.4) is 0 Å². The number of benzene rings is 8. The van der Waals surface area contributed by atoms with Gasteiger partial charge in [0.05, 0.1) is 16.1 Å². The van der Waals surface area contributed by atoms with Gasteiger partial charge in [-0.25, -0.2) is 0 Å². The van der Waals surface area contributed by atoms with E-state index in [4.69, 9.17) is 0 Å². The van der Waals surface area contributed by atoms with Crippen LogP contribution in [0.4, 0.5) is 17.1 Å². The van der Waals surface area contributed by atoms with Crippen LogP contribution >= 0.6 is 11.3 Å². The molecule has 46 heavy (non-hydrogen) atoms. The van der Waals surface area contributed by atoms with Gasteiger partial charge in [-0.15, -0.1) is 11.3 Å². The minimum absolute atomic E-state index is 1.13. The first-order valence-corrected chi connectivity index (χ1v) is 16.5. The fourth-order valence-electron chi connectivity index (χ4n) is 6.85. The molecule has 0 aliphatic carbocycles. The summed E-state index contributed by atoms with van der Waals surface area (Å²) >= 11 is 1.88. The molecule has 9 rings (SSSR count). The molecule has 0 N–H and O–H groups in total. The molecule has 0 amide bonds. The first kappa shape index (κ1) is 26.7. The van der Waals surface area contributed by atoms with E-state index in [0.29, 0.717) is 0 Å². The molecule has 9 aromatic rings. The lowest BCUT2D eigenvalue weighted by Crippen LogP contribution is -2.11. The van der Waals surface area contributed by atoms with Gasteiger partial charge < -0.3 is 4.90 Å². The summed E-state index contributed by atoms with van der Waals surface area (Å²) in [6, 6.07) is 63.9. The Kier molecular flexibility index (Phi) is 6.40. The Morgan fingerprint density at radius 3 is 1.80 bits per heavy atom. The summed E-state index contributed by atoms with van der Waals surface area (Å²) in [7, 11) is 0. The lowest BCUT2D eigenvalue weighted by Gasteiger charge is -2.28. The fourth-order valence-corrected chi connectivity index (χ4v) is 8.09. The third kappa shape index (κ3) is 4.46. The minimum Gasteiger partial charge on any atom is -0.308 e. The molecule has 1 nitrogen and oxygen atoms in total. The van der Waals surface area contributed by atoms with E-state index >= 15 is 0 Å². The van der Waals surface area contributed by atoms with Gasteiger partial charge in [-0.05, 0) is 74.6 Å². The SMILES string of the molecule is c1ccc(-c2ccccc2N(c2ccc(-c3cccc4ccccc34)cc2)c2cccc3c2sc2cc4ccccc4cc23)cc1. The second kappa shape index (κ2) is 11.0. The summed E-state index contributed by atoms with van der Waals surface area (Å²) in [6.07, 6.45) is 0. The Balaban J connectivity index is 1.27. The van der Waals surface area contributed by atoms with Crippen LogP contribution in [-0.4, -0.2) is 0 Å². The van der Waals surface area contributed by atoms with Crippen molar-refractivity contribution in [1.82, 2.24) is 0 Å². The number of para-hydroxylation sites is 1. The van der Waals surface area contributed by atoms with Gasteiger partial charge in [0.2, 0.25) is 0 Å². The number of hydrogen-bond acceptors (Lipinski definition) is 2. The zero-order chi connectivity index (χ0) is 30.5. The number of fused-ring (bicyclic) bond motifs is 5. The molecule has 0 aliphatic heterocycles. The standard InChI is InChI=1S/C44H29NS/c1-2-12-31(13-3-1)38-19-8-9-22-41(38)45(35-26-24-32(25-27-35)37-20-10-17-30-14-6-7-18-36(30)37)42-23-11-21-39-40-28-33-15-4-5-16-34(33)29-43(40)46-44(39)42/h1-29H. The van der Waals surface area contributed by atoms with Crippen molar-refractivity contribution in [2.75, 3.05) is 4.90 Å². The number of thiophene rings is 1. The quantitative estimate of drug-likeness (QED) is 0.189. The van der Waals surface area contributed by atoms with Gasteiger partial charge in [0, 0.05) is 26.7 Å². The van der Waals surface area contributed by atoms with Crippen molar-refractivity contribution in [3.05, 3.63) is 176 Å². The van der Waals surface area contributed by atoms with Crippen molar-refractivity contribution in [2.45, 2.75) is 0 Å². The smallest absolute Gasteiger partial charge is 0.0640 e. The zero-order valence-electron chi connectivity index (χ0n) is 25.1. The van der Waals surface area contributed by atoms with Gasteiger partial charge in [0.1, 0.15) is 0 Å². The van der Waals surface area contributed by atoms with Gasteiger partial charge in [0.15, 0.2) is 0 Å². The molecule has 0 fully saturated rings. The number of hydrogen-bond donors (Lipinski definition) is 0. The zero-order valence-corrected chi connectivity index (χ0v) is 25.9. The predicted octanol–water partition coefficient (Wildman–Crippen LogP) is 13.2. The van der Waals surface area contributed by atoms with Crippen molar-refractivity contribution in [3.8, 4) is 22.3 Å². The van der Waals surface area contributed by atoms with Crippen LogP contribution in [0.5, 0.6) is 0 Å². The summed E-state index contributed by atoms with van der Waals surface area (Å²) in [5.74, 6) is 0. The van der Waals surface area contributed by atoms with E-state index in [-0.39, 0.29) is 0 Å². The summed E-state index contributed by atoms with van der Waals surface area (Å²) in [4.78, 5) is 2.45. The molecule has 1 heterocycles. The van der Waals surface area contributed by atoms with E-state index in [1.165, 1.54) is 69.7 Å². The van der Waals surface area contributed by atoms with E-state index in [9.17, 15) is 0 Å². The van der Waals surface area contributed by atoms with E-state index in [1.807, 2.05) is 11.3 Å².